The van der Waals surface area contributed by atoms with Gasteiger partial charge in [-0.2, -0.15) is 0 Å². The standard InChI is InChI=1S/C18H16ClFN4O/c1-12-17(22-23-24(12)15-8-6-14(20)7-9-15)18(25)21-11-10-13-4-2-3-5-16(13)19/h2-9H,10-11H2,1H3,(H,21,25). The molecule has 3 rings (SSSR count). The van der Waals surface area contributed by atoms with Gasteiger partial charge in [0.1, 0.15) is 5.82 Å². The van der Waals surface area contributed by atoms with Crippen molar-refractivity contribution in [3.05, 3.63) is 76.3 Å². The SMILES string of the molecule is Cc1c(C(=O)NCCc2ccccc2Cl)nnn1-c1ccc(F)cc1. The zero-order valence-corrected chi connectivity index (χ0v) is 14.3. The summed E-state index contributed by atoms with van der Waals surface area (Å²) in [5.74, 6) is -0.642. The van der Waals surface area contributed by atoms with Crippen molar-refractivity contribution >= 4 is 17.5 Å². The first-order chi connectivity index (χ1) is 12.1. The van der Waals surface area contributed by atoms with E-state index < -0.39 is 0 Å². The van der Waals surface area contributed by atoms with E-state index in [1.54, 1.807) is 19.1 Å². The Balaban J connectivity index is 1.67. The maximum atomic E-state index is 13.0. The monoisotopic (exact) mass is 358 g/mol. The predicted molar refractivity (Wildman–Crippen MR) is 93.5 cm³/mol. The second-order valence-corrected chi connectivity index (χ2v) is 5.92. The summed E-state index contributed by atoms with van der Waals surface area (Å²) in [5.41, 5.74) is 2.43. The third kappa shape index (κ3) is 3.85. The largest absolute Gasteiger partial charge is 0.350 e. The van der Waals surface area contributed by atoms with Crippen molar-refractivity contribution in [3.63, 3.8) is 0 Å². The smallest absolute Gasteiger partial charge is 0.273 e. The lowest BCUT2D eigenvalue weighted by Crippen LogP contribution is -2.26. The van der Waals surface area contributed by atoms with Crippen LogP contribution in [0.2, 0.25) is 5.02 Å². The highest BCUT2D eigenvalue weighted by atomic mass is 35.5. The number of carbonyl (C=O) groups excluding carboxylic acids is 1. The number of nitrogens with zero attached hydrogens (tertiary/aromatic N) is 3. The van der Waals surface area contributed by atoms with Crippen molar-refractivity contribution in [2.24, 2.45) is 0 Å². The van der Waals surface area contributed by atoms with E-state index >= 15 is 0 Å². The van der Waals surface area contributed by atoms with Crippen LogP contribution in [0.5, 0.6) is 0 Å². The number of aromatic nitrogens is 3. The van der Waals surface area contributed by atoms with Crippen LogP contribution < -0.4 is 5.32 Å². The average molecular weight is 359 g/mol. The minimum absolute atomic E-state index is 0.239. The molecule has 0 aliphatic heterocycles. The molecule has 0 saturated heterocycles. The summed E-state index contributed by atoms with van der Waals surface area (Å²) >= 11 is 6.10. The van der Waals surface area contributed by atoms with Gasteiger partial charge in [0, 0.05) is 11.6 Å². The Morgan fingerprint density at radius 2 is 1.92 bits per heavy atom. The normalized spacial score (nSPS) is 10.7. The van der Waals surface area contributed by atoms with Crippen molar-refractivity contribution < 1.29 is 9.18 Å². The van der Waals surface area contributed by atoms with E-state index in [4.69, 9.17) is 11.6 Å². The Hall–Kier alpha value is -2.73. The summed E-state index contributed by atoms with van der Waals surface area (Å²) in [6, 6.07) is 13.3. The highest BCUT2D eigenvalue weighted by Crippen LogP contribution is 2.15. The Morgan fingerprint density at radius 1 is 1.20 bits per heavy atom. The van der Waals surface area contributed by atoms with E-state index in [9.17, 15) is 9.18 Å². The Kier molecular flexibility index (Phi) is 5.09. The number of carbonyl (C=O) groups is 1. The van der Waals surface area contributed by atoms with Crippen LogP contribution in [0.15, 0.2) is 48.5 Å². The molecule has 1 N–H and O–H groups in total. The van der Waals surface area contributed by atoms with Gasteiger partial charge >= 0.3 is 0 Å². The van der Waals surface area contributed by atoms with Gasteiger partial charge in [-0.1, -0.05) is 35.0 Å². The minimum Gasteiger partial charge on any atom is -0.350 e. The van der Waals surface area contributed by atoms with Crippen molar-refractivity contribution in [1.82, 2.24) is 20.3 Å². The number of amides is 1. The molecule has 128 valence electrons. The number of rotatable bonds is 5. The van der Waals surface area contributed by atoms with Gasteiger partial charge in [-0.05, 0) is 49.2 Å². The van der Waals surface area contributed by atoms with Crippen molar-refractivity contribution in [2.45, 2.75) is 13.3 Å². The summed E-state index contributed by atoms with van der Waals surface area (Å²) < 4.78 is 14.5. The number of halogens is 2. The van der Waals surface area contributed by atoms with E-state index in [-0.39, 0.29) is 17.4 Å². The Morgan fingerprint density at radius 3 is 2.64 bits per heavy atom. The minimum atomic E-state index is -0.334. The fraction of sp³-hybridized carbons (Fsp3) is 0.167. The molecule has 1 heterocycles. The molecule has 0 radical (unpaired) electrons. The highest BCUT2D eigenvalue weighted by Gasteiger charge is 2.17. The van der Waals surface area contributed by atoms with Crippen LogP contribution >= 0.6 is 11.6 Å². The molecule has 7 heteroatoms. The van der Waals surface area contributed by atoms with Crippen molar-refractivity contribution in [1.29, 1.82) is 0 Å². The summed E-state index contributed by atoms with van der Waals surface area (Å²) in [6.45, 7) is 2.18. The van der Waals surface area contributed by atoms with Gasteiger partial charge in [0.05, 0.1) is 11.4 Å². The molecule has 1 aromatic heterocycles. The third-order valence-corrected chi connectivity index (χ3v) is 4.19. The molecule has 0 spiro atoms. The summed E-state index contributed by atoms with van der Waals surface area (Å²) in [6.07, 6.45) is 0.622. The van der Waals surface area contributed by atoms with Crippen LogP contribution in [0.25, 0.3) is 5.69 Å². The van der Waals surface area contributed by atoms with Gasteiger partial charge in [0.15, 0.2) is 5.69 Å². The van der Waals surface area contributed by atoms with E-state index in [1.807, 2.05) is 24.3 Å². The molecule has 1 amide bonds. The lowest BCUT2D eigenvalue weighted by Gasteiger charge is -2.06. The third-order valence-electron chi connectivity index (χ3n) is 3.82. The number of hydrogen-bond acceptors (Lipinski definition) is 3. The van der Waals surface area contributed by atoms with Gasteiger partial charge in [0.2, 0.25) is 0 Å². The molecule has 2 aromatic carbocycles. The van der Waals surface area contributed by atoms with Crippen LogP contribution in [-0.2, 0) is 6.42 Å². The molecular formula is C18H16ClFN4O. The first-order valence-corrected chi connectivity index (χ1v) is 8.14. The molecule has 0 atom stereocenters. The molecule has 5 nitrogen and oxygen atoms in total. The van der Waals surface area contributed by atoms with E-state index in [0.29, 0.717) is 29.4 Å². The maximum Gasteiger partial charge on any atom is 0.273 e. The topological polar surface area (TPSA) is 59.8 Å². The predicted octanol–water partition coefficient (Wildman–Crippen LogP) is 3.34. The highest BCUT2D eigenvalue weighted by molar-refractivity contribution is 6.31. The molecule has 0 bridgehead atoms. The second-order valence-electron chi connectivity index (χ2n) is 5.51. The summed E-state index contributed by atoms with van der Waals surface area (Å²) in [7, 11) is 0. The van der Waals surface area contributed by atoms with Crippen LogP contribution in [0.3, 0.4) is 0 Å². The maximum absolute atomic E-state index is 13.0. The van der Waals surface area contributed by atoms with Crippen LogP contribution in [0.4, 0.5) is 4.39 Å². The summed E-state index contributed by atoms with van der Waals surface area (Å²) in [5, 5.41) is 11.4. The Bertz CT molecular complexity index is 892. The lowest BCUT2D eigenvalue weighted by molar-refractivity contribution is 0.0948. The van der Waals surface area contributed by atoms with Gasteiger partial charge < -0.3 is 5.32 Å². The fourth-order valence-corrected chi connectivity index (χ4v) is 2.69. The summed E-state index contributed by atoms with van der Waals surface area (Å²) in [4.78, 5) is 12.3. The number of hydrogen-bond donors (Lipinski definition) is 1. The molecule has 25 heavy (non-hydrogen) atoms. The second kappa shape index (κ2) is 7.44. The lowest BCUT2D eigenvalue weighted by atomic mass is 10.1. The van der Waals surface area contributed by atoms with Crippen LogP contribution in [0.1, 0.15) is 21.7 Å². The molecule has 0 unspecified atom stereocenters. The molecule has 0 aliphatic rings. The first-order valence-electron chi connectivity index (χ1n) is 7.76. The number of benzene rings is 2. The molecule has 0 aliphatic carbocycles. The number of nitrogens with one attached hydrogen (secondary N) is 1. The fourth-order valence-electron chi connectivity index (χ4n) is 2.46. The zero-order valence-electron chi connectivity index (χ0n) is 13.5. The molecule has 0 fully saturated rings. The zero-order chi connectivity index (χ0) is 17.8. The average Bonchev–Trinajstić information content (AvgIpc) is 2.99. The van der Waals surface area contributed by atoms with E-state index in [2.05, 4.69) is 15.6 Å². The van der Waals surface area contributed by atoms with Crippen molar-refractivity contribution in [2.75, 3.05) is 6.54 Å². The quantitative estimate of drug-likeness (QED) is 0.761. The van der Waals surface area contributed by atoms with E-state index in [1.165, 1.54) is 16.8 Å². The van der Waals surface area contributed by atoms with Gasteiger partial charge in [-0.25, -0.2) is 9.07 Å². The van der Waals surface area contributed by atoms with Gasteiger partial charge in [-0.3, -0.25) is 4.79 Å². The van der Waals surface area contributed by atoms with Crippen LogP contribution in [0, 0.1) is 12.7 Å². The van der Waals surface area contributed by atoms with E-state index in [0.717, 1.165) is 5.56 Å². The van der Waals surface area contributed by atoms with Crippen molar-refractivity contribution in [3.8, 4) is 5.69 Å². The molecular weight excluding hydrogens is 343 g/mol. The molecule has 0 saturated carbocycles. The first kappa shape index (κ1) is 17.1. The van der Waals surface area contributed by atoms with Gasteiger partial charge in [0.25, 0.3) is 5.91 Å². The van der Waals surface area contributed by atoms with Crippen LogP contribution in [-0.4, -0.2) is 27.4 Å². The Labute approximate surface area is 149 Å². The molecule has 3 aromatic rings. The van der Waals surface area contributed by atoms with Gasteiger partial charge in [-0.15, -0.1) is 5.10 Å².